The zero-order valence-electron chi connectivity index (χ0n) is 12.6. The first kappa shape index (κ1) is 14.8. The van der Waals surface area contributed by atoms with E-state index in [9.17, 15) is 4.79 Å². The molecule has 3 unspecified atom stereocenters. The topological polar surface area (TPSA) is 58.4 Å². The molecule has 2 aliphatic rings. The Morgan fingerprint density at radius 2 is 1.84 bits per heavy atom. The summed E-state index contributed by atoms with van der Waals surface area (Å²) in [5.74, 6) is 0.687. The van der Waals surface area contributed by atoms with Gasteiger partial charge in [0.25, 0.3) is 0 Å². The largest absolute Gasteiger partial charge is 0.354 e. The number of nitrogens with one attached hydrogen (secondary N) is 1. The molecule has 0 aromatic carbocycles. The average molecular weight is 267 g/mol. The Hall–Kier alpha value is -0.610. The van der Waals surface area contributed by atoms with Gasteiger partial charge in [0.15, 0.2) is 0 Å². The minimum Gasteiger partial charge on any atom is -0.354 e. The fourth-order valence-electron chi connectivity index (χ4n) is 3.68. The van der Waals surface area contributed by atoms with Gasteiger partial charge in [-0.3, -0.25) is 9.69 Å². The van der Waals surface area contributed by atoms with Gasteiger partial charge in [-0.1, -0.05) is 20.3 Å². The molecule has 2 aliphatic heterocycles. The number of piperidine rings is 2. The second kappa shape index (κ2) is 6.23. The van der Waals surface area contributed by atoms with Crippen molar-refractivity contribution in [3.05, 3.63) is 0 Å². The number of amides is 1. The van der Waals surface area contributed by atoms with Crippen LogP contribution in [0.2, 0.25) is 0 Å². The number of hydrogen-bond donors (Lipinski definition) is 2. The third-order valence-electron chi connectivity index (χ3n) is 4.58. The number of hydrogen-bond acceptors (Lipinski definition) is 3. The smallest absolute Gasteiger partial charge is 0.237 e. The van der Waals surface area contributed by atoms with E-state index in [0.717, 1.165) is 19.4 Å². The molecular formula is C15H29N3O. The molecular weight excluding hydrogens is 238 g/mol. The third-order valence-corrected chi connectivity index (χ3v) is 4.58. The molecule has 0 spiro atoms. The van der Waals surface area contributed by atoms with Crippen LogP contribution in [0.5, 0.6) is 0 Å². The lowest BCUT2D eigenvalue weighted by Crippen LogP contribution is -2.61. The minimum atomic E-state index is -0.0125. The summed E-state index contributed by atoms with van der Waals surface area (Å²) in [7, 11) is 0. The van der Waals surface area contributed by atoms with Crippen molar-refractivity contribution in [3.8, 4) is 0 Å². The second-order valence-corrected chi connectivity index (χ2v) is 6.73. The predicted octanol–water partition coefficient (Wildman–Crippen LogP) is 1.49. The molecule has 2 saturated heterocycles. The molecule has 0 radical (unpaired) electrons. The van der Waals surface area contributed by atoms with Gasteiger partial charge in [-0.25, -0.2) is 0 Å². The molecule has 0 saturated carbocycles. The maximum absolute atomic E-state index is 12.3. The average Bonchev–Trinajstić information content (AvgIpc) is 2.33. The van der Waals surface area contributed by atoms with Crippen molar-refractivity contribution >= 4 is 5.91 Å². The highest BCUT2D eigenvalue weighted by Crippen LogP contribution is 2.34. The number of carbonyl (C=O) groups excluding carboxylic acids is 1. The molecule has 0 aromatic rings. The van der Waals surface area contributed by atoms with E-state index in [1.807, 2.05) is 0 Å². The molecule has 2 bridgehead atoms. The molecule has 3 N–H and O–H groups in total. The van der Waals surface area contributed by atoms with Crippen LogP contribution in [0.25, 0.3) is 0 Å². The molecule has 4 nitrogen and oxygen atoms in total. The van der Waals surface area contributed by atoms with Crippen LogP contribution >= 0.6 is 0 Å². The minimum absolute atomic E-state index is 0.0125. The number of nitrogens with two attached hydrogens (primary N) is 1. The van der Waals surface area contributed by atoms with Crippen LogP contribution < -0.4 is 11.1 Å². The van der Waals surface area contributed by atoms with Gasteiger partial charge in [0.2, 0.25) is 5.91 Å². The van der Waals surface area contributed by atoms with Crippen molar-refractivity contribution < 1.29 is 4.79 Å². The van der Waals surface area contributed by atoms with Crippen molar-refractivity contribution in [2.24, 2.45) is 11.7 Å². The molecule has 2 fully saturated rings. The first-order valence-corrected chi connectivity index (χ1v) is 7.79. The third kappa shape index (κ3) is 3.48. The van der Waals surface area contributed by atoms with Gasteiger partial charge in [0.1, 0.15) is 0 Å². The summed E-state index contributed by atoms with van der Waals surface area (Å²) in [6, 6.07) is 1.35. The number of nitrogens with zero attached hydrogens (tertiary/aromatic N) is 1. The maximum Gasteiger partial charge on any atom is 0.237 e. The summed E-state index contributed by atoms with van der Waals surface area (Å²) in [6.45, 7) is 7.07. The van der Waals surface area contributed by atoms with Gasteiger partial charge < -0.3 is 11.1 Å². The Labute approximate surface area is 117 Å². The fourth-order valence-corrected chi connectivity index (χ4v) is 3.68. The predicted molar refractivity (Wildman–Crippen MR) is 77.8 cm³/mol. The first-order valence-electron chi connectivity index (χ1n) is 7.79. The summed E-state index contributed by atoms with van der Waals surface area (Å²) in [5, 5.41) is 3.07. The van der Waals surface area contributed by atoms with Gasteiger partial charge in [-0.2, -0.15) is 0 Å². The summed E-state index contributed by atoms with van der Waals surface area (Å²) in [5.41, 5.74) is 6.13. The second-order valence-electron chi connectivity index (χ2n) is 6.73. The van der Waals surface area contributed by atoms with E-state index < -0.39 is 0 Å². The van der Waals surface area contributed by atoms with E-state index in [4.69, 9.17) is 5.73 Å². The lowest BCUT2D eigenvalue weighted by atomic mass is 9.81. The molecule has 3 atom stereocenters. The van der Waals surface area contributed by atoms with E-state index in [0.29, 0.717) is 24.0 Å². The molecule has 2 rings (SSSR count). The lowest BCUT2D eigenvalue weighted by molar-refractivity contribution is -0.130. The highest BCUT2D eigenvalue weighted by Gasteiger charge is 2.41. The van der Waals surface area contributed by atoms with E-state index >= 15 is 0 Å². The van der Waals surface area contributed by atoms with Crippen LogP contribution in [0.15, 0.2) is 0 Å². The lowest BCUT2D eigenvalue weighted by Gasteiger charge is -2.50. The molecule has 0 aliphatic carbocycles. The first-order chi connectivity index (χ1) is 8.99. The molecule has 0 aromatic heterocycles. The van der Waals surface area contributed by atoms with Crippen LogP contribution in [0, 0.1) is 5.92 Å². The van der Waals surface area contributed by atoms with Crippen molar-refractivity contribution in [3.63, 3.8) is 0 Å². The zero-order valence-corrected chi connectivity index (χ0v) is 12.6. The molecule has 2 heterocycles. The molecule has 4 heteroatoms. The molecule has 110 valence electrons. The molecule has 1 amide bonds. The normalized spacial score (nSPS) is 33.2. The van der Waals surface area contributed by atoms with Gasteiger partial charge in [0, 0.05) is 24.7 Å². The van der Waals surface area contributed by atoms with Crippen LogP contribution in [-0.2, 0) is 4.79 Å². The number of fused-ring (bicyclic) bond motifs is 2. The van der Waals surface area contributed by atoms with Crippen molar-refractivity contribution in [2.45, 2.75) is 77.0 Å². The van der Waals surface area contributed by atoms with Crippen LogP contribution in [-0.4, -0.2) is 41.5 Å². The Morgan fingerprint density at radius 3 is 2.37 bits per heavy atom. The Morgan fingerprint density at radius 1 is 1.26 bits per heavy atom. The highest BCUT2D eigenvalue weighted by molar-refractivity contribution is 5.81. The van der Waals surface area contributed by atoms with E-state index in [2.05, 4.69) is 31.0 Å². The number of carbonyl (C=O) groups is 1. The maximum atomic E-state index is 12.3. The van der Waals surface area contributed by atoms with E-state index in [-0.39, 0.29) is 11.9 Å². The summed E-state index contributed by atoms with van der Waals surface area (Å²) in [6.07, 6.45) is 5.80. The molecule has 19 heavy (non-hydrogen) atoms. The van der Waals surface area contributed by atoms with Crippen molar-refractivity contribution in [2.75, 3.05) is 6.54 Å². The van der Waals surface area contributed by atoms with Gasteiger partial charge in [-0.15, -0.1) is 0 Å². The zero-order chi connectivity index (χ0) is 14.0. The van der Waals surface area contributed by atoms with Crippen molar-refractivity contribution in [1.29, 1.82) is 0 Å². The number of rotatable bonds is 4. The fraction of sp³-hybridized carbons (Fsp3) is 0.933. The monoisotopic (exact) mass is 267 g/mol. The quantitative estimate of drug-likeness (QED) is 0.811. The van der Waals surface area contributed by atoms with E-state index in [1.54, 1.807) is 0 Å². The SMILES string of the molecule is CC(C)CNC(=O)C(C)N1C2CCCC1CC(N)C2. The Bertz CT molecular complexity index is 305. The van der Waals surface area contributed by atoms with Crippen LogP contribution in [0.4, 0.5) is 0 Å². The van der Waals surface area contributed by atoms with Crippen molar-refractivity contribution in [1.82, 2.24) is 10.2 Å². The van der Waals surface area contributed by atoms with Crippen LogP contribution in [0.1, 0.15) is 52.9 Å². The standard InChI is InChI=1S/C15H29N3O/c1-10(2)9-17-15(19)11(3)18-13-5-4-6-14(18)8-12(16)7-13/h10-14H,4-9,16H2,1-3H3,(H,17,19). The summed E-state index contributed by atoms with van der Waals surface area (Å²) >= 11 is 0. The summed E-state index contributed by atoms with van der Waals surface area (Å²) < 4.78 is 0. The Kier molecular flexibility index (Phi) is 4.85. The Balaban J connectivity index is 1.97. The van der Waals surface area contributed by atoms with Crippen LogP contribution in [0.3, 0.4) is 0 Å². The van der Waals surface area contributed by atoms with Gasteiger partial charge in [-0.05, 0) is 38.5 Å². The highest BCUT2D eigenvalue weighted by atomic mass is 16.2. The van der Waals surface area contributed by atoms with Gasteiger partial charge in [0.05, 0.1) is 6.04 Å². The summed E-state index contributed by atoms with van der Waals surface area (Å²) in [4.78, 5) is 14.7. The van der Waals surface area contributed by atoms with Gasteiger partial charge >= 0.3 is 0 Å². The van der Waals surface area contributed by atoms with E-state index in [1.165, 1.54) is 19.3 Å².